The minimum absolute atomic E-state index is 0.0265. The quantitative estimate of drug-likeness (QED) is 0.0931. The van der Waals surface area contributed by atoms with Crippen molar-refractivity contribution in [3.8, 4) is 56.3 Å². The molecule has 15 N–H and O–H groups in total. The summed E-state index contributed by atoms with van der Waals surface area (Å²) in [5.74, 6) is -0.395. The van der Waals surface area contributed by atoms with E-state index in [2.05, 4.69) is 108 Å². The lowest BCUT2D eigenvalue weighted by atomic mass is 9.84. The third-order valence-electron chi connectivity index (χ3n) is 24.4. The molecule has 0 bridgehead atoms. The zero-order valence-electron chi connectivity index (χ0n) is 62.0. The fourth-order valence-electron chi connectivity index (χ4n) is 19.2. The Morgan fingerprint density at radius 3 is 0.565 bits per heavy atom. The van der Waals surface area contributed by atoms with Crippen LogP contribution in [0.25, 0.3) is 56.3 Å². The van der Waals surface area contributed by atoms with Crippen LogP contribution in [0.5, 0.6) is 0 Å². The van der Waals surface area contributed by atoms with E-state index >= 15 is 0 Å². The first-order valence-electron chi connectivity index (χ1n) is 37.7. The second kappa shape index (κ2) is 31.3. The molecule has 10 aliphatic heterocycles. The van der Waals surface area contributed by atoms with Gasteiger partial charge in [-0.2, -0.15) is 63.6 Å². The summed E-state index contributed by atoms with van der Waals surface area (Å²) in [5.41, 5.74) is 16.5. The van der Waals surface area contributed by atoms with Crippen molar-refractivity contribution in [1.82, 2.24) is 69.3 Å². The van der Waals surface area contributed by atoms with Gasteiger partial charge in [-0.3, -0.25) is 0 Å². The first-order chi connectivity index (χ1) is 54.8. The highest BCUT2D eigenvalue weighted by Crippen LogP contribution is 2.51. The molecular weight excluding hydrogens is 1580 g/mol. The summed E-state index contributed by atoms with van der Waals surface area (Å²) in [7, 11) is -18.8. The Bertz CT molecular complexity index is 5060. The molecular formula is C75H90N20O15S5. The van der Waals surface area contributed by atoms with Gasteiger partial charge < -0.3 is 48.4 Å². The zero-order chi connectivity index (χ0) is 80.9. The molecule has 15 heterocycles. The molecule has 15 atom stereocenters. The van der Waals surface area contributed by atoms with Gasteiger partial charge in [0, 0.05) is 123 Å². The van der Waals surface area contributed by atoms with Crippen LogP contribution in [-0.4, -0.2) is 233 Å². The number of hydrogen-bond acceptors (Lipinski definition) is 20. The average molecular weight is 1670 g/mol. The molecule has 40 heteroatoms. The standard InChI is InChI=1S/5C15H18N4O3S/c5*16-23(21,22)18-6-5-12(14(20)8-18)15-11-4-2-1-3-10(11)13-7-17-9-19(13)15/h5*1-4,7,9,12,14-15,20H,5-6,8H2,(H2,16,21,22)/t2*12-,14-,15+;2*12-,14-,15-;/m1010./s1. The molecule has 0 radical (unpaired) electrons. The van der Waals surface area contributed by atoms with Gasteiger partial charge in [-0.15, -0.1) is 0 Å². The molecule has 5 saturated heterocycles. The number of aromatic nitrogens is 10. The smallest absolute Gasteiger partial charge is 0.276 e. The van der Waals surface area contributed by atoms with Crippen LogP contribution in [0, 0.1) is 29.6 Å². The van der Waals surface area contributed by atoms with Gasteiger partial charge in [0.05, 0.1) is 152 Å². The maximum atomic E-state index is 11.5. The van der Waals surface area contributed by atoms with Crippen LogP contribution in [0.1, 0.15) is 90.1 Å². The molecule has 0 aliphatic carbocycles. The Kier molecular flexibility index (Phi) is 21.8. The van der Waals surface area contributed by atoms with E-state index in [0.717, 1.165) is 106 Å². The molecule has 35 nitrogen and oxygen atoms in total. The Hall–Kier alpha value is -8.70. The first-order valence-corrected chi connectivity index (χ1v) is 45.2. The molecule has 10 aliphatic rings. The second-order valence-electron chi connectivity index (χ2n) is 30.7. The number of hydrogen-bond donors (Lipinski definition) is 10. The highest BCUT2D eigenvalue weighted by molar-refractivity contribution is 7.87. The van der Waals surface area contributed by atoms with Crippen LogP contribution >= 0.6 is 0 Å². The number of benzene rings is 5. The molecule has 115 heavy (non-hydrogen) atoms. The van der Waals surface area contributed by atoms with Gasteiger partial charge in [0.2, 0.25) is 0 Å². The lowest BCUT2D eigenvalue weighted by Gasteiger charge is -2.37. The van der Waals surface area contributed by atoms with Crippen molar-refractivity contribution < 1.29 is 67.6 Å². The average Bonchev–Trinajstić information content (AvgIpc) is 1.61. The number of fused-ring (bicyclic) bond motifs is 15. The van der Waals surface area contributed by atoms with Crippen LogP contribution < -0.4 is 25.7 Å². The van der Waals surface area contributed by atoms with Crippen LogP contribution in [0.15, 0.2) is 184 Å². The number of nitrogens with two attached hydrogens (primary N) is 5. The molecule has 610 valence electrons. The number of imidazole rings is 5. The largest absolute Gasteiger partial charge is 0.391 e. The highest BCUT2D eigenvalue weighted by atomic mass is 32.2. The van der Waals surface area contributed by atoms with E-state index < -0.39 is 81.6 Å². The number of β-amino-alcohol motifs (C(OH)–C–C–N with tert-alkyl or cyclic N) is 5. The molecule has 5 aromatic carbocycles. The summed E-state index contributed by atoms with van der Waals surface area (Å²) in [6.45, 7) is 1.78. The summed E-state index contributed by atoms with van der Waals surface area (Å²) in [4.78, 5) is 21.1. The predicted molar refractivity (Wildman–Crippen MR) is 423 cm³/mol. The highest BCUT2D eigenvalue weighted by Gasteiger charge is 2.48. The van der Waals surface area contributed by atoms with Crippen molar-refractivity contribution in [1.29, 1.82) is 0 Å². The lowest BCUT2D eigenvalue weighted by molar-refractivity contribution is 0.0342. The number of rotatable bonds is 10. The minimum Gasteiger partial charge on any atom is -0.391 e. The van der Waals surface area contributed by atoms with E-state index in [1.165, 1.54) is 0 Å². The van der Waals surface area contributed by atoms with Crippen LogP contribution in [0.4, 0.5) is 0 Å². The maximum Gasteiger partial charge on any atom is 0.276 e. The van der Waals surface area contributed by atoms with Crippen molar-refractivity contribution >= 4 is 51.0 Å². The summed E-state index contributed by atoms with van der Waals surface area (Å²) in [6.07, 6.45) is 16.9. The number of aliphatic hydroxyl groups is 5. The molecule has 20 rings (SSSR count). The van der Waals surface area contributed by atoms with E-state index in [-0.39, 0.29) is 92.5 Å². The Labute approximate surface area is 665 Å². The number of aliphatic hydroxyl groups excluding tert-OH is 5. The van der Waals surface area contributed by atoms with E-state index in [4.69, 9.17) is 25.7 Å². The van der Waals surface area contributed by atoms with Gasteiger partial charge >= 0.3 is 0 Å². The van der Waals surface area contributed by atoms with E-state index in [0.29, 0.717) is 64.8 Å². The monoisotopic (exact) mass is 1670 g/mol. The van der Waals surface area contributed by atoms with Crippen molar-refractivity contribution in [3.63, 3.8) is 0 Å². The van der Waals surface area contributed by atoms with Crippen LogP contribution in [0.2, 0.25) is 0 Å². The lowest BCUT2D eigenvalue weighted by Crippen LogP contribution is -2.50. The SMILES string of the molecule is NS(=O)(=O)N1CCC(C2c3ccccc3-c3cncn32)C(O)C1.NS(=O)(=O)N1CC[C@@H]([C@@H]2c3ccccc3-c3cncn32)[C@H](O)C1.NS(=O)(=O)N1CC[C@@H]([C@H]2c3ccccc3-c3cncn32)[C@H](O)C1.NS(=O)(=O)N1CC[C@H]([C@@H]2c3ccccc3-c3cncn32)[C@@H](O)C1.NS(=O)(=O)N1CC[C@H]([C@H]2c3ccccc3-c3cncn32)[C@@H](O)C1. The Morgan fingerprint density at radius 2 is 0.417 bits per heavy atom. The topological polar surface area (TPSA) is 507 Å². The third-order valence-corrected chi connectivity index (χ3v) is 29.7. The fraction of sp³-hybridized carbons (Fsp3) is 0.400. The number of nitrogens with zero attached hydrogens (tertiary/aromatic N) is 15. The minimum atomic E-state index is -3.76. The first kappa shape index (κ1) is 80.1. The third kappa shape index (κ3) is 15.3. The molecule has 0 amide bonds. The summed E-state index contributed by atoms with van der Waals surface area (Å²) >= 11 is 0. The molecule has 5 fully saturated rings. The van der Waals surface area contributed by atoms with Crippen LogP contribution in [-0.2, 0) is 51.0 Å². The summed E-state index contributed by atoms with van der Waals surface area (Å²) < 4.78 is 131. The van der Waals surface area contributed by atoms with Gasteiger partial charge in [0.25, 0.3) is 51.0 Å². The van der Waals surface area contributed by atoms with Gasteiger partial charge in [-0.1, -0.05) is 121 Å². The molecule has 0 spiro atoms. The van der Waals surface area contributed by atoms with Crippen molar-refractivity contribution in [2.75, 3.05) is 65.4 Å². The molecule has 0 saturated carbocycles. The zero-order valence-corrected chi connectivity index (χ0v) is 66.1. The van der Waals surface area contributed by atoms with Crippen LogP contribution in [0.3, 0.4) is 0 Å². The molecule has 3 unspecified atom stereocenters. The van der Waals surface area contributed by atoms with E-state index in [1.54, 1.807) is 31.6 Å². The predicted octanol–water partition coefficient (Wildman–Crippen LogP) is 1.70. The van der Waals surface area contributed by atoms with E-state index in [1.807, 2.05) is 91.6 Å². The summed E-state index contributed by atoms with van der Waals surface area (Å²) in [5, 5.41) is 78.7. The normalized spacial score (nSPS) is 27.7. The Morgan fingerprint density at radius 1 is 0.261 bits per heavy atom. The van der Waals surface area contributed by atoms with E-state index in [9.17, 15) is 67.6 Å². The maximum absolute atomic E-state index is 11.5. The molecule has 5 aromatic heterocycles. The number of piperidine rings is 5. The fourth-order valence-corrected chi connectivity index (χ4v) is 22.8. The Balaban J connectivity index is 0.000000108. The molecule has 10 aromatic rings. The van der Waals surface area contributed by atoms with Gasteiger partial charge in [0.1, 0.15) is 0 Å². The van der Waals surface area contributed by atoms with Gasteiger partial charge in [0.15, 0.2) is 0 Å². The van der Waals surface area contributed by atoms with Crippen molar-refractivity contribution in [2.24, 2.45) is 55.3 Å². The second-order valence-corrected chi connectivity index (χ2v) is 38.4. The summed E-state index contributed by atoms with van der Waals surface area (Å²) in [6, 6.07) is 40.3. The van der Waals surface area contributed by atoms with Crippen molar-refractivity contribution in [3.05, 3.63) is 212 Å². The van der Waals surface area contributed by atoms with Gasteiger partial charge in [-0.05, 0) is 59.9 Å². The van der Waals surface area contributed by atoms with Gasteiger partial charge in [-0.25, -0.2) is 50.6 Å². The van der Waals surface area contributed by atoms with Crippen molar-refractivity contribution in [2.45, 2.75) is 92.8 Å².